The van der Waals surface area contributed by atoms with Crippen molar-refractivity contribution in [3.8, 4) is 17.3 Å². The summed E-state index contributed by atoms with van der Waals surface area (Å²) in [5.41, 5.74) is 5.26. The molecule has 1 heterocycles. The number of benzene rings is 2. The fourth-order valence-electron chi connectivity index (χ4n) is 2.25. The van der Waals surface area contributed by atoms with Crippen molar-refractivity contribution in [1.29, 1.82) is 5.26 Å². The minimum Gasteiger partial charge on any atom is -0.332 e. The maximum absolute atomic E-state index is 9.46. The van der Waals surface area contributed by atoms with Gasteiger partial charge in [0.1, 0.15) is 15.5 Å². The van der Waals surface area contributed by atoms with Crippen molar-refractivity contribution in [2.24, 2.45) is 0 Å². The lowest BCUT2D eigenvalue weighted by Gasteiger charge is -2.09. The summed E-state index contributed by atoms with van der Waals surface area (Å²) in [5.74, 6) is 0. The van der Waals surface area contributed by atoms with E-state index in [-0.39, 0.29) is 0 Å². The van der Waals surface area contributed by atoms with Gasteiger partial charge in [-0.1, -0.05) is 71.1 Å². The lowest BCUT2D eigenvalue weighted by molar-refractivity contribution is 1.32. The van der Waals surface area contributed by atoms with E-state index >= 15 is 0 Å². The molecular weight excluding hydrogens is 334 g/mol. The zero-order chi connectivity index (χ0) is 17.1. The number of hydrogen-bond acceptors (Lipinski definition) is 5. The third kappa shape index (κ3) is 3.51. The van der Waals surface area contributed by atoms with Crippen LogP contribution in [0.3, 0.4) is 0 Å². The summed E-state index contributed by atoms with van der Waals surface area (Å²) in [6.45, 7) is 4.07. The molecule has 3 aromatic rings. The molecule has 3 rings (SSSR count). The van der Waals surface area contributed by atoms with Gasteiger partial charge in [-0.3, -0.25) is 0 Å². The van der Waals surface area contributed by atoms with Gasteiger partial charge in [-0.15, -0.1) is 0 Å². The highest BCUT2D eigenvalue weighted by atomic mass is 32.1. The Kier molecular flexibility index (Phi) is 4.70. The molecule has 0 amide bonds. The first-order valence-electron chi connectivity index (χ1n) is 7.43. The molecule has 0 aliphatic carbocycles. The first kappa shape index (κ1) is 16.3. The fraction of sp³-hybridized carbons (Fsp3) is 0.105. The Bertz CT molecular complexity index is 965. The van der Waals surface area contributed by atoms with Crippen LogP contribution in [0.25, 0.3) is 11.3 Å². The standard InChI is InChI=1S/C19H15N3S2/c1-12-3-7-14(8-4-12)17-16(11-20)18(23)24-19(22-17)21-15-9-5-13(2)6-10-15/h3-10H,1-2H3,(H,21,22). The molecule has 0 saturated heterocycles. The van der Waals surface area contributed by atoms with Gasteiger partial charge in [0.2, 0.25) is 0 Å². The fourth-order valence-corrected chi connectivity index (χ4v) is 3.35. The van der Waals surface area contributed by atoms with Crippen molar-refractivity contribution in [3.63, 3.8) is 0 Å². The molecule has 0 aliphatic heterocycles. The second-order valence-electron chi connectivity index (χ2n) is 5.50. The van der Waals surface area contributed by atoms with Crippen LogP contribution in [0.5, 0.6) is 0 Å². The minimum atomic E-state index is 0.452. The van der Waals surface area contributed by atoms with Crippen molar-refractivity contribution >= 4 is 34.4 Å². The molecule has 2 aromatic carbocycles. The van der Waals surface area contributed by atoms with E-state index in [2.05, 4.69) is 16.4 Å². The predicted molar refractivity (Wildman–Crippen MR) is 102 cm³/mol. The van der Waals surface area contributed by atoms with Gasteiger partial charge in [0.25, 0.3) is 0 Å². The van der Waals surface area contributed by atoms with Crippen molar-refractivity contribution in [3.05, 3.63) is 69.0 Å². The second-order valence-corrected chi connectivity index (χ2v) is 7.16. The number of rotatable bonds is 3. The molecule has 0 saturated carbocycles. The Morgan fingerprint density at radius 3 is 2.17 bits per heavy atom. The van der Waals surface area contributed by atoms with Crippen LogP contribution >= 0.6 is 23.6 Å². The van der Waals surface area contributed by atoms with Gasteiger partial charge in [-0.25, -0.2) is 4.98 Å². The zero-order valence-corrected chi connectivity index (χ0v) is 15.0. The molecule has 0 unspecified atom stereocenters. The van der Waals surface area contributed by atoms with E-state index in [0.717, 1.165) is 16.8 Å². The summed E-state index contributed by atoms with van der Waals surface area (Å²) in [6, 6.07) is 18.2. The Hall–Kier alpha value is -2.55. The molecule has 5 heteroatoms. The molecule has 0 fully saturated rings. The van der Waals surface area contributed by atoms with Crippen LogP contribution in [0, 0.1) is 29.0 Å². The van der Waals surface area contributed by atoms with Crippen molar-refractivity contribution in [2.45, 2.75) is 13.8 Å². The Morgan fingerprint density at radius 1 is 1.00 bits per heavy atom. The van der Waals surface area contributed by atoms with E-state index in [1.807, 2.05) is 62.4 Å². The number of nitrogens with zero attached hydrogens (tertiary/aromatic N) is 2. The minimum absolute atomic E-state index is 0.452. The summed E-state index contributed by atoms with van der Waals surface area (Å²) in [4.78, 5) is 4.64. The molecule has 1 N–H and O–H groups in total. The van der Waals surface area contributed by atoms with E-state index in [0.29, 0.717) is 20.2 Å². The smallest absolute Gasteiger partial charge is 0.189 e. The first-order valence-corrected chi connectivity index (χ1v) is 8.65. The molecule has 0 bridgehead atoms. The molecule has 0 radical (unpaired) electrons. The highest BCUT2D eigenvalue weighted by Crippen LogP contribution is 2.29. The number of nitriles is 1. The van der Waals surface area contributed by atoms with Gasteiger partial charge >= 0.3 is 0 Å². The van der Waals surface area contributed by atoms with E-state index in [1.54, 1.807) is 0 Å². The first-order chi connectivity index (χ1) is 11.6. The predicted octanol–water partition coefficient (Wildman–Crippen LogP) is 5.77. The molecule has 3 nitrogen and oxygen atoms in total. The van der Waals surface area contributed by atoms with Crippen LogP contribution in [0.4, 0.5) is 10.8 Å². The molecule has 0 aliphatic rings. The van der Waals surface area contributed by atoms with Crippen molar-refractivity contribution < 1.29 is 0 Å². The Morgan fingerprint density at radius 2 is 1.58 bits per heavy atom. The summed E-state index contributed by atoms with van der Waals surface area (Å²) in [5, 5.41) is 13.4. The van der Waals surface area contributed by atoms with Gasteiger partial charge < -0.3 is 5.32 Å². The second kappa shape index (κ2) is 6.91. The summed E-state index contributed by atoms with van der Waals surface area (Å²) in [7, 11) is 0. The molecular formula is C19H15N3S2. The maximum Gasteiger partial charge on any atom is 0.189 e. The third-order valence-electron chi connectivity index (χ3n) is 3.58. The monoisotopic (exact) mass is 349 g/mol. The molecule has 1 aromatic heterocycles. The zero-order valence-electron chi connectivity index (χ0n) is 13.3. The largest absolute Gasteiger partial charge is 0.332 e. The van der Waals surface area contributed by atoms with Crippen LogP contribution in [-0.4, -0.2) is 4.98 Å². The number of hydrogen-bond donors (Lipinski definition) is 1. The van der Waals surface area contributed by atoms with Crippen LogP contribution < -0.4 is 5.32 Å². The summed E-state index contributed by atoms with van der Waals surface area (Å²) < 4.78 is 0.540. The Labute approximate surface area is 150 Å². The van der Waals surface area contributed by atoms with E-state index in [1.165, 1.54) is 16.9 Å². The number of nitrogens with one attached hydrogen (secondary N) is 1. The third-order valence-corrected chi connectivity index (χ3v) is 4.81. The van der Waals surface area contributed by atoms with E-state index < -0.39 is 0 Å². The average molecular weight is 349 g/mol. The Balaban J connectivity index is 2.06. The highest BCUT2D eigenvalue weighted by Gasteiger charge is 2.12. The molecule has 0 atom stereocenters. The molecule has 24 heavy (non-hydrogen) atoms. The van der Waals surface area contributed by atoms with Gasteiger partial charge in [-0.2, -0.15) is 5.26 Å². The van der Waals surface area contributed by atoms with Crippen LogP contribution in [0.2, 0.25) is 0 Å². The molecule has 118 valence electrons. The number of aryl methyl sites for hydroxylation is 2. The summed E-state index contributed by atoms with van der Waals surface area (Å²) >= 11 is 6.71. The van der Waals surface area contributed by atoms with Crippen LogP contribution in [0.15, 0.2) is 48.5 Å². The lowest BCUT2D eigenvalue weighted by atomic mass is 10.1. The van der Waals surface area contributed by atoms with Crippen LogP contribution in [0.1, 0.15) is 16.7 Å². The van der Waals surface area contributed by atoms with E-state index in [9.17, 15) is 5.26 Å². The van der Waals surface area contributed by atoms with Gasteiger partial charge in [0, 0.05) is 11.3 Å². The topological polar surface area (TPSA) is 48.7 Å². The quantitative estimate of drug-likeness (QED) is 0.610. The number of aromatic nitrogens is 1. The van der Waals surface area contributed by atoms with E-state index in [4.69, 9.17) is 12.2 Å². The van der Waals surface area contributed by atoms with Crippen LogP contribution in [-0.2, 0) is 0 Å². The SMILES string of the molecule is Cc1ccc(Nc2nc(-c3ccc(C)cc3)c(C#N)c(=S)s2)cc1. The van der Waals surface area contributed by atoms with Crippen molar-refractivity contribution in [1.82, 2.24) is 4.98 Å². The number of anilines is 2. The van der Waals surface area contributed by atoms with Gasteiger partial charge in [0.05, 0.1) is 5.69 Å². The van der Waals surface area contributed by atoms with Crippen molar-refractivity contribution in [2.75, 3.05) is 5.32 Å². The summed E-state index contributed by atoms with van der Waals surface area (Å²) in [6.07, 6.45) is 0. The normalized spacial score (nSPS) is 10.2. The maximum atomic E-state index is 9.46. The average Bonchev–Trinajstić information content (AvgIpc) is 2.57. The van der Waals surface area contributed by atoms with Gasteiger partial charge in [0.15, 0.2) is 5.13 Å². The lowest BCUT2D eigenvalue weighted by Crippen LogP contribution is -1.96. The highest BCUT2D eigenvalue weighted by molar-refractivity contribution is 7.73. The van der Waals surface area contributed by atoms with Gasteiger partial charge in [-0.05, 0) is 26.0 Å². The molecule has 0 spiro atoms.